The summed E-state index contributed by atoms with van der Waals surface area (Å²) in [7, 11) is 0. The zero-order valence-electron chi connectivity index (χ0n) is 12.2. The Balaban J connectivity index is 1.59. The Morgan fingerprint density at radius 3 is 2.68 bits per heavy atom. The number of nitrogens with zero attached hydrogens (tertiary/aromatic N) is 4. The second-order valence-corrected chi connectivity index (χ2v) is 5.99. The van der Waals surface area contributed by atoms with E-state index >= 15 is 0 Å². The van der Waals surface area contributed by atoms with E-state index in [-0.39, 0.29) is 12.5 Å². The molecule has 1 aliphatic carbocycles. The van der Waals surface area contributed by atoms with Crippen molar-refractivity contribution in [3.05, 3.63) is 29.3 Å². The van der Waals surface area contributed by atoms with E-state index in [1.165, 1.54) is 24.1 Å². The molecule has 6 nitrogen and oxygen atoms in total. The Bertz CT molecular complexity index is 634. The maximum absolute atomic E-state index is 12.0. The maximum Gasteiger partial charge on any atom is 0.243 e. The molecule has 1 fully saturated rings. The van der Waals surface area contributed by atoms with Crippen LogP contribution >= 0.6 is 11.6 Å². The molecule has 0 aliphatic heterocycles. The number of nitrogens with one attached hydrogen (secondary N) is 1. The Morgan fingerprint density at radius 1 is 1.23 bits per heavy atom. The molecule has 1 saturated carbocycles. The van der Waals surface area contributed by atoms with Gasteiger partial charge in [0, 0.05) is 16.6 Å². The smallest absolute Gasteiger partial charge is 0.243 e. The second-order valence-electron chi connectivity index (χ2n) is 5.55. The molecule has 22 heavy (non-hydrogen) atoms. The fourth-order valence-corrected chi connectivity index (χ4v) is 2.80. The summed E-state index contributed by atoms with van der Waals surface area (Å²) in [5.41, 5.74) is 0.823. The van der Waals surface area contributed by atoms with Gasteiger partial charge in [0.25, 0.3) is 0 Å². The van der Waals surface area contributed by atoms with Gasteiger partial charge in [-0.1, -0.05) is 30.9 Å². The summed E-state index contributed by atoms with van der Waals surface area (Å²) in [6, 6.07) is 7.48. The molecule has 0 unspecified atom stereocenters. The van der Waals surface area contributed by atoms with Crippen molar-refractivity contribution in [1.29, 1.82) is 0 Å². The first-order valence-electron chi connectivity index (χ1n) is 7.54. The van der Waals surface area contributed by atoms with E-state index < -0.39 is 0 Å². The van der Waals surface area contributed by atoms with Gasteiger partial charge in [0.2, 0.25) is 11.7 Å². The van der Waals surface area contributed by atoms with Gasteiger partial charge < -0.3 is 5.32 Å². The first-order chi connectivity index (χ1) is 10.7. The van der Waals surface area contributed by atoms with E-state index in [2.05, 4.69) is 20.7 Å². The number of tetrazole rings is 1. The zero-order valence-corrected chi connectivity index (χ0v) is 13.0. The van der Waals surface area contributed by atoms with Crippen LogP contribution in [0.1, 0.15) is 32.1 Å². The summed E-state index contributed by atoms with van der Waals surface area (Å²) in [5, 5.41) is 15.8. The molecular formula is C15H18ClN5O. The Kier molecular flexibility index (Phi) is 4.68. The summed E-state index contributed by atoms with van der Waals surface area (Å²) in [4.78, 5) is 13.3. The van der Waals surface area contributed by atoms with Crippen molar-refractivity contribution in [2.24, 2.45) is 0 Å². The van der Waals surface area contributed by atoms with Crippen molar-refractivity contribution in [3.63, 3.8) is 0 Å². The molecule has 1 heterocycles. The quantitative estimate of drug-likeness (QED) is 0.939. The van der Waals surface area contributed by atoms with Gasteiger partial charge >= 0.3 is 0 Å². The van der Waals surface area contributed by atoms with Crippen LogP contribution in [0, 0.1) is 0 Å². The number of hydrogen-bond donors (Lipinski definition) is 1. The van der Waals surface area contributed by atoms with E-state index in [0.717, 1.165) is 18.4 Å². The molecule has 0 atom stereocenters. The molecule has 1 aliphatic rings. The number of aromatic nitrogens is 4. The zero-order chi connectivity index (χ0) is 15.4. The highest BCUT2D eigenvalue weighted by molar-refractivity contribution is 6.30. The van der Waals surface area contributed by atoms with Crippen molar-refractivity contribution in [3.8, 4) is 11.4 Å². The minimum absolute atomic E-state index is 0.0630. The second kappa shape index (κ2) is 6.87. The van der Waals surface area contributed by atoms with Crippen LogP contribution in [0.4, 0.5) is 0 Å². The van der Waals surface area contributed by atoms with Crippen LogP contribution in [0.15, 0.2) is 24.3 Å². The monoisotopic (exact) mass is 319 g/mol. The van der Waals surface area contributed by atoms with Crippen LogP contribution < -0.4 is 5.32 Å². The number of hydrogen-bond acceptors (Lipinski definition) is 4. The highest BCUT2D eigenvalue weighted by Gasteiger charge is 2.16. The molecule has 3 rings (SSSR count). The van der Waals surface area contributed by atoms with E-state index in [9.17, 15) is 4.79 Å². The van der Waals surface area contributed by atoms with Crippen LogP contribution in [-0.4, -0.2) is 32.2 Å². The largest absolute Gasteiger partial charge is 0.352 e. The number of halogens is 1. The van der Waals surface area contributed by atoms with Crippen LogP contribution in [0.2, 0.25) is 5.02 Å². The van der Waals surface area contributed by atoms with E-state index in [4.69, 9.17) is 11.6 Å². The van der Waals surface area contributed by atoms with Gasteiger partial charge in [-0.05, 0) is 42.3 Å². The van der Waals surface area contributed by atoms with Crippen molar-refractivity contribution in [1.82, 2.24) is 25.5 Å². The molecule has 0 spiro atoms. The summed E-state index contributed by atoms with van der Waals surface area (Å²) < 4.78 is 0. The Hall–Kier alpha value is -1.95. The average molecular weight is 320 g/mol. The minimum Gasteiger partial charge on any atom is -0.352 e. The molecular weight excluding hydrogens is 302 g/mol. The van der Waals surface area contributed by atoms with Crippen LogP contribution in [0.3, 0.4) is 0 Å². The molecule has 0 saturated heterocycles. The molecule has 1 amide bonds. The predicted molar refractivity (Wildman–Crippen MR) is 83.3 cm³/mol. The fraction of sp³-hybridized carbons (Fsp3) is 0.467. The van der Waals surface area contributed by atoms with Gasteiger partial charge in [-0.25, -0.2) is 0 Å². The van der Waals surface area contributed by atoms with Crippen LogP contribution in [0.5, 0.6) is 0 Å². The number of benzene rings is 1. The highest BCUT2D eigenvalue weighted by Crippen LogP contribution is 2.18. The van der Waals surface area contributed by atoms with Gasteiger partial charge in [0.15, 0.2) is 0 Å². The summed E-state index contributed by atoms with van der Waals surface area (Å²) >= 11 is 5.85. The fourth-order valence-electron chi connectivity index (χ4n) is 2.67. The van der Waals surface area contributed by atoms with Crippen molar-refractivity contribution in [2.45, 2.75) is 44.7 Å². The third-order valence-electron chi connectivity index (χ3n) is 3.81. The van der Waals surface area contributed by atoms with Gasteiger partial charge in [0.05, 0.1) is 0 Å². The molecule has 2 aromatic rings. The molecule has 1 aromatic heterocycles. The lowest BCUT2D eigenvalue weighted by atomic mass is 9.95. The lowest BCUT2D eigenvalue weighted by Gasteiger charge is -2.22. The Labute approximate surface area is 133 Å². The van der Waals surface area contributed by atoms with E-state index in [1.54, 1.807) is 12.1 Å². The third kappa shape index (κ3) is 3.82. The molecule has 0 bridgehead atoms. The summed E-state index contributed by atoms with van der Waals surface area (Å²) in [5.74, 6) is 0.425. The van der Waals surface area contributed by atoms with E-state index in [1.807, 2.05) is 12.1 Å². The standard InChI is InChI=1S/C15H18ClN5O/c16-12-8-6-11(7-9-12)15-18-20-21(19-15)10-14(22)17-13-4-2-1-3-5-13/h6-9,13H,1-5,10H2,(H,17,22). The summed E-state index contributed by atoms with van der Waals surface area (Å²) in [6.45, 7) is 0.0943. The van der Waals surface area contributed by atoms with Gasteiger partial charge in [0.1, 0.15) is 6.54 Å². The lowest BCUT2D eigenvalue weighted by molar-refractivity contribution is -0.123. The predicted octanol–water partition coefficient (Wildman–Crippen LogP) is 2.44. The molecule has 1 N–H and O–H groups in total. The molecule has 0 radical (unpaired) electrons. The minimum atomic E-state index is -0.0630. The van der Waals surface area contributed by atoms with Crippen molar-refractivity contribution in [2.75, 3.05) is 0 Å². The van der Waals surface area contributed by atoms with Crippen molar-refractivity contribution < 1.29 is 4.79 Å². The van der Waals surface area contributed by atoms with E-state index in [0.29, 0.717) is 16.9 Å². The topological polar surface area (TPSA) is 72.7 Å². The molecule has 1 aromatic carbocycles. The molecule has 7 heteroatoms. The first-order valence-corrected chi connectivity index (χ1v) is 7.91. The van der Waals surface area contributed by atoms with Crippen LogP contribution in [-0.2, 0) is 11.3 Å². The third-order valence-corrected chi connectivity index (χ3v) is 4.06. The lowest BCUT2D eigenvalue weighted by Crippen LogP contribution is -2.38. The van der Waals surface area contributed by atoms with Gasteiger partial charge in [-0.3, -0.25) is 4.79 Å². The molecule has 116 valence electrons. The number of amides is 1. The maximum atomic E-state index is 12.0. The first kappa shape index (κ1) is 15.0. The number of carbonyl (C=O) groups is 1. The van der Waals surface area contributed by atoms with Gasteiger partial charge in [-0.2, -0.15) is 4.80 Å². The number of carbonyl (C=O) groups excluding carboxylic acids is 1. The highest BCUT2D eigenvalue weighted by atomic mass is 35.5. The van der Waals surface area contributed by atoms with Gasteiger partial charge in [-0.15, -0.1) is 10.2 Å². The Morgan fingerprint density at radius 2 is 1.95 bits per heavy atom. The SMILES string of the molecule is O=C(Cn1nnc(-c2ccc(Cl)cc2)n1)NC1CCCCC1. The number of rotatable bonds is 4. The van der Waals surface area contributed by atoms with Crippen molar-refractivity contribution >= 4 is 17.5 Å². The average Bonchev–Trinajstić information content (AvgIpc) is 2.97. The normalized spacial score (nSPS) is 15.7. The van der Waals surface area contributed by atoms with Crippen LogP contribution in [0.25, 0.3) is 11.4 Å². The summed E-state index contributed by atoms with van der Waals surface area (Å²) in [6.07, 6.45) is 5.76.